The first-order valence-corrected chi connectivity index (χ1v) is 14.0. The van der Waals surface area contributed by atoms with Crippen LogP contribution in [0.3, 0.4) is 0 Å². The molecular formula is C29H39N3O4S. The number of aliphatic hydroxyl groups is 1. The van der Waals surface area contributed by atoms with Crippen LogP contribution in [-0.4, -0.2) is 81.5 Å². The molecule has 0 aliphatic carbocycles. The highest BCUT2D eigenvalue weighted by Gasteiger charge is 2.74. The summed E-state index contributed by atoms with van der Waals surface area (Å²) in [5.41, 5.74) is 2.79. The summed E-state index contributed by atoms with van der Waals surface area (Å²) < 4.78 is -0.700. The predicted octanol–water partition coefficient (Wildman–Crippen LogP) is 3.33. The summed E-state index contributed by atoms with van der Waals surface area (Å²) >= 11 is 1.65. The number of likely N-dealkylation sites (tertiary alicyclic amines) is 1. The van der Waals surface area contributed by atoms with Gasteiger partial charge in [0.05, 0.1) is 29.2 Å². The fraction of sp³-hybridized carbons (Fsp3) is 0.552. The van der Waals surface area contributed by atoms with Crippen molar-refractivity contribution in [3.63, 3.8) is 0 Å². The third kappa shape index (κ3) is 4.32. The fourth-order valence-electron chi connectivity index (χ4n) is 6.59. The molecule has 1 N–H and O–H groups in total. The molecule has 7 nitrogen and oxygen atoms in total. The largest absolute Gasteiger partial charge is 0.394 e. The van der Waals surface area contributed by atoms with Crippen molar-refractivity contribution in [3.05, 3.63) is 54.6 Å². The first kappa shape index (κ1) is 27.5. The van der Waals surface area contributed by atoms with Crippen LogP contribution >= 0.6 is 11.8 Å². The van der Waals surface area contributed by atoms with Crippen LogP contribution in [0.5, 0.6) is 0 Å². The van der Waals surface area contributed by atoms with E-state index in [4.69, 9.17) is 0 Å². The second kappa shape index (κ2) is 10.7. The van der Waals surface area contributed by atoms with Crippen molar-refractivity contribution in [1.29, 1.82) is 0 Å². The molecule has 2 unspecified atom stereocenters. The molecule has 0 aromatic heterocycles. The van der Waals surface area contributed by atoms with Crippen molar-refractivity contribution in [1.82, 2.24) is 9.80 Å². The second-order valence-electron chi connectivity index (χ2n) is 10.6. The van der Waals surface area contributed by atoms with E-state index in [0.717, 1.165) is 23.2 Å². The summed E-state index contributed by atoms with van der Waals surface area (Å²) in [7, 11) is 1.74. The van der Waals surface area contributed by atoms with Crippen molar-refractivity contribution >= 4 is 35.2 Å². The number of likely N-dealkylation sites (N-methyl/N-ethyl adjacent to an activating group) is 1. The van der Waals surface area contributed by atoms with Crippen LogP contribution in [0.25, 0.3) is 0 Å². The maximum atomic E-state index is 14.6. The number of amides is 3. The standard InChI is InChI=1S/C29H39N3O4S/c1-7-14-30(6)26(34)23-22-12-13-29(37-22)24(23)27(35)32(20(9-3)17-33)25(29)28(36)31(15-8-2)21-16-18(4)10-11-19(21)5/h7-8,10-11,16,20,22-25,33H,1-2,9,12-15,17H2,3-6H3/t20-,22+,23-,24-,25?,29?/m0/s1. The Kier molecular flexibility index (Phi) is 7.91. The monoisotopic (exact) mass is 525 g/mol. The third-order valence-electron chi connectivity index (χ3n) is 8.34. The molecule has 3 amide bonds. The maximum absolute atomic E-state index is 14.6. The van der Waals surface area contributed by atoms with Gasteiger partial charge in [-0.2, -0.15) is 0 Å². The average molecular weight is 526 g/mol. The van der Waals surface area contributed by atoms with Gasteiger partial charge in [-0.15, -0.1) is 24.9 Å². The summed E-state index contributed by atoms with van der Waals surface area (Å²) in [6.45, 7) is 14.0. The smallest absolute Gasteiger partial charge is 0.251 e. The Balaban J connectivity index is 1.83. The number of fused-ring (bicyclic) bond motifs is 1. The number of carbonyl (C=O) groups is 3. The lowest BCUT2D eigenvalue weighted by molar-refractivity contribution is -0.144. The normalized spacial score (nSPS) is 28.7. The van der Waals surface area contributed by atoms with E-state index in [-0.39, 0.29) is 29.6 Å². The van der Waals surface area contributed by atoms with E-state index >= 15 is 0 Å². The van der Waals surface area contributed by atoms with Crippen LogP contribution in [0.15, 0.2) is 43.5 Å². The fourth-order valence-corrected chi connectivity index (χ4v) is 8.78. The first-order valence-electron chi connectivity index (χ1n) is 13.1. The molecule has 3 heterocycles. The maximum Gasteiger partial charge on any atom is 0.251 e. The molecular weight excluding hydrogens is 486 g/mol. The van der Waals surface area contributed by atoms with Crippen LogP contribution < -0.4 is 4.90 Å². The summed E-state index contributed by atoms with van der Waals surface area (Å²) in [4.78, 5) is 47.4. The number of anilines is 1. The van der Waals surface area contributed by atoms with E-state index < -0.39 is 28.7 Å². The zero-order valence-corrected chi connectivity index (χ0v) is 23.2. The molecule has 200 valence electrons. The van der Waals surface area contributed by atoms with Crippen LogP contribution in [0.4, 0.5) is 5.69 Å². The lowest BCUT2D eigenvalue weighted by Crippen LogP contribution is -2.57. The van der Waals surface area contributed by atoms with Gasteiger partial charge < -0.3 is 19.8 Å². The Morgan fingerprint density at radius 3 is 2.57 bits per heavy atom. The topological polar surface area (TPSA) is 81.2 Å². The quantitative estimate of drug-likeness (QED) is 0.474. The van der Waals surface area contributed by atoms with Crippen LogP contribution in [0.2, 0.25) is 0 Å². The Bertz CT molecular complexity index is 1100. The molecule has 0 saturated carbocycles. The van der Waals surface area contributed by atoms with Crippen LogP contribution in [0.1, 0.15) is 37.3 Å². The Morgan fingerprint density at radius 1 is 1.24 bits per heavy atom. The van der Waals surface area contributed by atoms with E-state index in [1.165, 1.54) is 0 Å². The number of thioether (sulfide) groups is 1. The van der Waals surface area contributed by atoms with E-state index in [0.29, 0.717) is 25.9 Å². The SMILES string of the molecule is C=CCN(C)C(=O)[C@@H]1[C@H]2C(=O)N([C@@H](CC)CO)C(C(=O)N(CC=C)c3cc(C)ccc3C)C23CC[C@H]1S3. The van der Waals surface area contributed by atoms with Gasteiger partial charge in [-0.25, -0.2) is 0 Å². The molecule has 1 aromatic rings. The van der Waals surface area contributed by atoms with E-state index in [2.05, 4.69) is 13.2 Å². The van der Waals surface area contributed by atoms with Gasteiger partial charge >= 0.3 is 0 Å². The van der Waals surface area contributed by atoms with Gasteiger partial charge in [0.25, 0.3) is 5.91 Å². The van der Waals surface area contributed by atoms with Gasteiger partial charge in [0.15, 0.2) is 0 Å². The summed E-state index contributed by atoms with van der Waals surface area (Å²) in [6.07, 6.45) is 5.37. The zero-order valence-electron chi connectivity index (χ0n) is 22.4. The molecule has 1 aromatic carbocycles. The van der Waals surface area contributed by atoms with E-state index in [1.807, 2.05) is 39.0 Å². The number of nitrogens with zero attached hydrogens (tertiary/aromatic N) is 3. The predicted molar refractivity (Wildman–Crippen MR) is 148 cm³/mol. The van der Waals surface area contributed by atoms with Gasteiger partial charge in [-0.1, -0.05) is 31.2 Å². The third-order valence-corrected chi connectivity index (χ3v) is 10.3. The number of hydrogen-bond acceptors (Lipinski definition) is 5. The minimum atomic E-state index is -0.764. The molecule has 3 fully saturated rings. The number of rotatable bonds is 10. The van der Waals surface area contributed by atoms with Gasteiger partial charge in [-0.05, 0) is 50.3 Å². The van der Waals surface area contributed by atoms with Crippen molar-refractivity contribution in [2.45, 2.75) is 62.1 Å². The van der Waals surface area contributed by atoms with Crippen LogP contribution in [-0.2, 0) is 14.4 Å². The molecule has 4 rings (SSSR count). The van der Waals surface area contributed by atoms with Gasteiger partial charge in [0.1, 0.15) is 6.04 Å². The number of aliphatic hydroxyl groups excluding tert-OH is 1. The molecule has 37 heavy (non-hydrogen) atoms. The number of aryl methyl sites for hydroxylation is 2. The first-order chi connectivity index (χ1) is 17.7. The number of benzene rings is 1. The van der Waals surface area contributed by atoms with Gasteiger partial charge in [0, 0.05) is 31.1 Å². The lowest BCUT2D eigenvalue weighted by Gasteiger charge is -2.39. The zero-order chi connectivity index (χ0) is 27.1. The van der Waals surface area contributed by atoms with Crippen molar-refractivity contribution in [3.8, 4) is 0 Å². The van der Waals surface area contributed by atoms with Gasteiger partial charge in [0.2, 0.25) is 11.8 Å². The highest BCUT2D eigenvalue weighted by atomic mass is 32.2. The van der Waals surface area contributed by atoms with Crippen molar-refractivity contribution in [2.24, 2.45) is 11.8 Å². The van der Waals surface area contributed by atoms with Gasteiger partial charge in [-0.3, -0.25) is 14.4 Å². The van der Waals surface area contributed by atoms with E-state index in [1.54, 1.807) is 45.7 Å². The van der Waals surface area contributed by atoms with Crippen LogP contribution in [0, 0.1) is 25.7 Å². The van der Waals surface area contributed by atoms with Crippen molar-refractivity contribution in [2.75, 3.05) is 31.6 Å². The number of hydrogen-bond donors (Lipinski definition) is 1. The molecule has 8 heteroatoms. The highest BCUT2D eigenvalue weighted by Crippen LogP contribution is 2.67. The number of carbonyl (C=O) groups excluding carboxylic acids is 3. The minimum absolute atomic E-state index is 0.00562. The molecule has 0 radical (unpaired) electrons. The Morgan fingerprint density at radius 2 is 1.95 bits per heavy atom. The second-order valence-corrected chi connectivity index (χ2v) is 12.2. The Hall–Kier alpha value is -2.58. The summed E-state index contributed by atoms with van der Waals surface area (Å²) in [6, 6.07) is 4.74. The molecule has 3 aliphatic rings. The molecule has 3 aliphatic heterocycles. The molecule has 2 bridgehead atoms. The lowest BCUT2D eigenvalue weighted by atomic mass is 9.70. The molecule has 6 atom stereocenters. The average Bonchev–Trinajstić information content (AvgIpc) is 3.52. The molecule has 1 spiro atoms. The summed E-state index contributed by atoms with van der Waals surface area (Å²) in [5.74, 6) is -1.49. The summed E-state index contributed by atoms with van der Waals surface area (Å²) in [5, 5.41) is 10.3. The van der Waals surface area contributed by atoms with E-state index in [9.17, 15) is 19.5 Å². The Labute approximate surface area is 224 Å². The molecule has 3 saturated heterocycles. The highest BCUT2D eigenvalue weighted by molar-refractivity contribution is 8.02. The van der Waals surface area contributed by atoms with Crippen molar-refractivity contribution < 1.29 is 19.5 Å². The minimum Gasteiger partial charge on any atom is -0.394 e.